The number of aryl methyl sites for hydroxylation is 1. The van der Waals surface area contributed by atoms with Crippen LogP contribution < -0.4 is 5.48 Å². The molecule has 0 bridgehead atoms. The van der Waals surface area contributed by atoms with Gasteiger partial charge in [-0.05, 0) is 44.6 Å². The fraction of sp³-hybridized carbons (Fsp3) is 0.600. The molecule has 2 unspecified atom stereocenters. The highest BCUT2D eigenvalue weighted by atomic mass is 16.5. The zero-order chi connectivity index (χ0) is 18.0. The van der Waals surface area contributed by atoms with E-state index in [2.05, 4.69) is 0 Å². The Balaban J connectivity index is 1.87. The summed E-state index contributed by atoms with van der Waals surface area (Å²) >= 11 is 0. The van der Waals surface area contributed by atoms with Crippen molar-refractivity contribution in [2.45, 2.75) is 63.8 Å². The van der Waals surface area contributed by atoms with E-state index < -0.39 is 17.4 Å². The summed E-state index contributed by atoms with van der Waals surface area (Å²) in [7, 11) is 0. The molecule has 0 radical (unpaired) electrons. The predicted octanol–water partition coefficient (Wildman–Crippen LogP) is 2.94. The van der Waals surface area contributed by atoms with Gasteiger partial charge in [0.2, 0.25) is 5.91 Å². The molecular weight excluding hydrogens is 316 g/mol. The Labute approximate surface area is 149 Å². The van der Waals surface area contributed by atoms with Crippen LogP contribution in [-0.2, 0) is 15.0 Å². The maximum atomic E-state index is 13.3. The molecule has 0 aromatic heterocycles. The number of carbonyl (C=O) groups excluding carboxylic acids is 2. The smallest absolute Gasteiger partial charge is 0.266 e. The van der Waals surface area contributed by atoms with E-state index in [1.807, 2.05) is 38.1 Å². The Morgan fingerprint density at radius 3 is 2.48 bits per heavy atom. The number of rotatable bonds is 4. The van der Waals surface area contributed by atoms with E-state index in [0.29, 0.717) is 13.0 Å². The minimum Gasteiger partial charge on any atom is -0.329 e. The van der Waals surface area contributed by atoms with Gasteiger partial charge in [-0.3, -0.25) is 14.8 Å². The van der Waals surface area contributed by atoms with Crippen LogP contribution in [0.4, 0.5) is 0 Å². The average Bonchev–Trinajstić information content (AvgIpc) is 2.93. The normalized spacial score (nSPS) is 25.9. The number of hydrogen-bond acceptors (Lipinski definition) is 3. The molecule has 2 fully saturated rings. The van der Waals surface area contributed by atoms with Gasteiger partial charge in [-0.15, -0.1) is 0 Å². The fourth-order valence-corrected chi connectivity index (χ4v) is 4.45. The first-order valence-corrected chi connectivity index (χ1v) is 9.29. The van der Waals surface area contributed by atoms with Crippen molar-refractivity contribution in [1.82, 2.24) is 10.4 Å². The minimum absolute atomic E-state index is 0.00414. The second-order valence-electron chi connectivity index (χ2n) is 7.77. The summed E-state index contributed by atoms with van der Waals surface area (Å²) in [5.41, 5.74) is 3.36. The molecule has 136 valence electrons. The second-order valence-corrected chi connectivity index (χ2v) is 7.77. The average molecular weight is 344 g/mol. The Morgan fingerprint density at radius 2 is 1.88 bits per heavy atom. The molecule has 2 aliphatic rings. The van der Waals surface area contributed by atoms with E-state index in [4.69, 9.17) is 0 Å². The molecule has 2 N–H and O–H groups in total. The van der Waals surface area contributed by atoms with Crippen LogP contribution in [0.1, 0.15) is 56.6 Å². The van der Waals surface area contributed by atoms with Crippen LogP contribution in [0, 0.1) is 12.8 Å². The first kappa shape index (κ1) is 17.9. The molecular formula is C20H28N2O3. The molecule has 5 nitrogen and oxygen atoms in total. The molecule has 25 heavy (non-hydrogen) atoms. The number of hydroxylamine groups is 1. The largest absolute Gasteiger partial charge is 0.329 e. The standard InChI is InChI=1S/C20H28N2O3/c1-14-8-10-16(11-9-14)20(2)12-13-22(19(20)24)17(18(23)21-25)15-6-4-3-5-7-15/h8-11,15,17,25H,3-7,12-13H2,1-2H3,(H,21,23). The van der Waals surface area contributed by atoms with Gasteiger partial charge in [0, 0.05) is 6.54 Å². The van der Waals surface area contributed by atoms with E-state index in [1.54, 1.807) is 10.4 Å². The zero-order valence-corrected chi connectivity index (χ0v) is 15.1. The van der Waals surface area contributed by atoms with Crippen LogP contribution in [-0.4, -0.2) is 34.5 Å². The molecule has 3 rings (SSSR count). The lowest BCUT2D eigenvalue weighted by Gasteiger charge is -2.36. The lowest BCUT2D eigenvalue weighted by Crippen LogP contribution is -2.53. The van der Waals surface area contributed by atoms with Crippen molar-refractivity contribution in [1.29, 1.82) is 0 Å². The minimum atomic E-state index is -0.601. The van der Waals surface area contributed by atoms with Gasteiger partial charge in [0.05, 0.1) is 5.41 Å². The van der Waals surface area contributed by atoms with Gasteiger partial charge < -0.3 is 4.90 Å². The van der Waals surface area contributed by atoms with Gasteiger partial charge >= 0.3 is 0 Å². The van der Waals surface area contributed by atoms with Gasteiger partial charge in [-0.2, -0.15) is 0 Å². The molecule has 1 heterocycles. The summed E-state index contributed by atoms with van der Waals surface area (Å²) < 4.78 is 0. The van der Waals surface area contributed by atoms with E-state index >= 15 is 0 Å². The topological polar surface area (TPSA) is 69.6 Å². The van der Waals surface area contributed by atoms with E-state index in [1.165, 1.54) is 6.42 Å². The summed E-state index contributed by atoms with van der Waals surface area (Å²) in [6.07, 6.45) is 5.90. The van der Waals surface area contributed by atoms with Crippen LogP contribution in [0.3, 0.4) is 0 Å². The van der Waals surface area contributed by atoms with Gasteiger partial charge in [0.15, 0.2) is 0 Å². The molecule has 1 aliphatic heterocycles. The molecule has 1 saturated carbocycles. The van der Waals surface area contributed by atoms with Crippen molar-refractivity contribution in [2.75, 3.05) is 6.54 Å². The van der Waals surface area contributed by atoms with Crippen LogP contribution in [0.15, 0.2) is 24.3 Å². The van der Waals surface area contributed by atoms with E-state index in [9.17, 15) is 14.8 Å². The van der Waals surface area contributed by atoms with Crippen molar-refractivity contribution < 1.29 is 14.8 Å². The summed E-state index contributed by atoms with van der Waals surface area (Å²) in [6, 6.07) is 7.51. The summed E-state index contributed by atoms with van der Waals surface area (Å²) in [4.78, 5) is 27.4. The third-order valence-corrected chi connectivity index (χ3v) is 6.09. The third-order valence-electron chi connectivity index (χ3n) is 6.09. The van der Waals surface area contributed by atoms with E-state index in [-0.39, 0.29) is 11.8 Å². The first-order valence-electron chi connectivity index (χ1n) is 9.29. The van der Waals surface area contributed by atoms with Crippen LogP contribution in [0.2, 0.25) is 0 Å². The molecule has 1 aromatic carbocycles. The first-order chi connectivity index (χ1) is 12.0. The molecule has 0 spiro atoms. The Kier molecular flexibility index (Phi) is 5.13. The van der Waals surface area contributed by atoms with Crippen LogP contribution in [0.5, 0.6) is 0 Å². The zero-order valence-electron chi connectivity index (χ0n) is 15.1. The predicted molar refractivity (Wildman–Crippen MR) is 95.2 cm³/mol. The Morgan fingerprint density at radius 1 is 1.24 bits per heavy atom. The van der Waals surface area contributed by atoms with Gasteiger partial charge in [-0.25, -0.2) is 5.48 Å². The number of nitrogens with one attached hydrogen (secondary N) is 1. The summed E-state index contributed by atoms with van der Waals surface area (Å²) in [5.74, 6) is -0.325. The molecule has 1 aliphatic carbocycles. The van der Waals surface area contributed by atoms with Crippen molar-refractivity contribution in [3.8, 4) is 0 Å². The van der Waals surface area contributed by atoms with E-state index in [0.717, 1.165) is 36.8 Å². The highest BCUT2D eigenvalue weighted by Gasteiger charge is 2.49. The SMILES string of the molecule is Cc1ccc(C2(C)CCN(C(C(=O)NO)C3CCCCC3)C2=O)cc1. The second kappa shape index (κ2) is 7.16. The third kappa shape index (κ3) is 3.30. The van der Waals surface area contributed by atoms with Gasteiger partial charge in [-0.1, -0.05) is 49.1 Å². The Bertz CT molecular complexity index is 637. The monoisotopic (exact) mass is 344 g/mol. The highest BCUT2D eigenvalue weighted by Crippen LogP contribution is 2.39. The molecule has 5 heteroatoms. The van der Waals surface area contributed by atoms with Crippen molar-refractivity contribution in [3.63, 3.8) is 0 Å². The van der Waals surface area contributed by atoms with Gasteiger partial charge in [0.1, 0.15) is 6.04 Å². The lowest BCUT2D eigenvalue weighted by atomic mass is 9.80. The number of amides is 2. The lowest BCUT2D eigenvalue weighted by molar-refractivity contribution is -0.146. The molecule has 2 atom stereocenters. The summed E-state index contributed by atoms with van der Waals surface area (Å²) in [6.45, 7) is 4.55. The quantitative estimate of drug-likeness (QED) is 0.652. The summed E-state index contributed by atoms with van der Waals surface area (Å²) in [5, 5.41) is 9.22. The van der Waals surface area contributed by atoms with Gasteiger partial charge in [0.25, 0.3) is 5.91 Å². The number of carbonyl (C=O) groups is 2. The number of likely N-dealkylation sites (tertiary alicyclic amines) is 1. The maximum Gasteiger partial charge on any atom is 0.266 e. The maximum absolute atomic E-state index is 13.3. The number of nitrogens with zero attached hydrogens (tertiary/aromatic N) is 1. The highest BCUT2D eigenvalue weighted by molar-refractivity contribution is 5.94. The fourth-order valence-electron chi connectivity index (χ4n) is 4.45. The van der Waals surface area contributed by atoms with Crippen LogP contribution >= 0.6 is 0 Å². The number of benzene rings is 1. The van der Waals surface area contributed by atoms with Crippen LogP contribution in [0.25, 0.3) is 0 Å². The molecule has 1 aromatic rings. The molecule has 2 amide bonds. The number of hydrogen-bond donors (Lipinski definition) is 2. The Hall–Kier alpha value is -1.88. The van der Waals surface area contributed by atoms with Crippen molar-refractivity contribution >= 4 is 11.8 Å². The van der Waals surface area contributed by atoms with Crippen molar-refractivity contribution in [2.24, 2.45) is 5.92 Å². The van der Waals surface area contributed by atoms with Crippen molar-refractivity contribution in [3.05, 3.63) is 35.4 Å². The molecule has 1 saturated heterocycles.